The molecule has 0 saturated carbocycles. The van der Waals surface area contributed by atoms with E-state index in [4.69, 9.17) is 80.8 Å². The molecule has 2 aliphatic rings. The van der Waals surface area contributed by atoms with Gasteiger partial charge in [-0.1, -0.05) is 215 Å². The second-order valence-corrected chi connectivity index (χ2v) is 24.0. The van der Waals surface area contributed by atoms with E-state index < -0.39 is 36.6 Å². The Hall–Kier alpha value is -6.34. The molecule has 8 aromatic rings. The molecular weight excluding hydrogens is 1270 g/mol. The van der Waals surface area contributed by atoms with Crippen LogP contribution in [0.1, 0.15) is 109 Å². The molecule has 0 bridgehead atoms. The largest absolute Gasteiger partial charge is 1.00 e. The van der Waals surface area contributed by atoms with E-state index in [0.29, 0.717) is 80.6 Å². The van der Waals surface area contributed by atoms with Gasteiger partial charge in [-0.2, -0.15) is 7.11 Å². The molecule has 0 amide bonds. The van der Waals surface area contributed by atoms with E-state index in [1.165, 1.54) is 0 Å². The van der Waals surface area contributed by atoms with Crippen molar-refractivity contribution in [2.24, 2.45) is 11.8 Å². The fourth-order valence-corrected chi connectivity index (χ4v) is 12.4. The Morgan fingerprint density at radius 1 is 0.443 bits per heavy atom. The van der Waals surface area contributed by atoms with Gasteiger partial charge in [0.15, 0.2) is 0 Å². The van der Waals surface area contributed by atoms with Crippen molar-refractivity contribution in [1.29, 1.82) is 0 Å². The number of halogens is 2. The Labute approximate surface area is 607 Å². The first kappa shape index (κ1) is 79.6. The second-order valence-electron chi connectivity index (χ2n) is 23.2. The molecule has 97 heavy (non-hydrogen) atoms. The first-order chi connectivity index (χ1) is 47.0. The summed E-state index contributed by atoms with van der Waals surface area (Å²) in [5, 5.41) is 27.0. The smallest absolute Gasteiger partial charge is 0.857 e. The maximum atomic E-state index is 10.5. The minimum Gasteiger partial charge on any atom is -0.857 e. The molecule has 2 aliphatic heterocycles. The van der Waals surface area contributed by atoms with Crippen LogP contribution in [0.4, 0.5) is 0 Å². The molecule has 0 aliphatic carbocycles. The van der Waals surface area contributed by atoms with Crippen molar-refractivity contribution in [3.8, 4) is 23.0 Å². The molecule has 10 atom stereocenters. The molecule has 2 fully saturated rings. The molecule has 13 nitrogen and oxygen atoms in total. The molecule has 2 saturated heterocycles. The van der Waals surface area contributed by atoms with Crippen LogP contribution in [0, 0.1) is 11.8 Å². The average Bonchev–Trinajstić information content (AvgIpc) is 0.777. The van der Waals surface area contributed by atoms with E-state index in [1.807, 2.05) is 172 Å². The van der Waals surface area contributed by atoms with Gasteiger partial charge in [0.25, 0.3) is 0 Å². The summed E-state index contributed by atoms with van der Waals surface area (Å²) >= 11 is 13.8. The summed E-state index contributed by atoms with van der Waals surface area (Å²) in [7, 11) is 1.75. The summed E-state index contributed by atoms with van der Waals surface area (Å²) in [6.45, 7) is 21.4. The molecule has 2 N–H and O–H groups in total. The summed E-state index contributed by atoms with van der Waals surface area (Å²) in [5.74, 6) is 2.85. The summed E-state index contributed by atoms with van der Waals surface area (Å²) < 4.78 is 64.3. The Kier molecular flexibility index (Phi) is 35.5. The van der Waals surface area contributed by atoms with Gasteiger partial charge >= 0.3 is 29.6 Å². The Morgan fingerprint density at radius 3 is 1.07 bits per heavy atom. The third-order valence-electron chi connectivity index (χ3n) is 16.8. The molecule has 0 spiro atoms. The van der Waals surface area contributed by atoms with E-state index in [2.05, 4.69) is 69.5 Å². The van der Waals surface area contributed by atoms with Gasteiger partial charge < -0.3 is 62.7 Å². The quantitative estimate of drug-likeness (QED) is 0.0324. The zero-order valence-corrected chi connectivity index (χ0v) is 61.0. The number of rotatable bonds is 30. The minimum absolute atomic E-state index is 0. The van der Waals surface area contributed by atoms with E-state index in [0.717, 1.165) is 87.8 Å². The van der Waals surface area contributed by atoms with Crippen molar-refractivity contribution in [3.63, 3.8) is 0 Å². The maximum absolute atomic E-state index is 10.5. The molecule has 2 heterocycles. The summed E-state index contributed by atoms with van der Waals surface area (Å²) in [4.78, 5) is 0. The Balaban J connectivity index is 0.000000289. The van der Waals surface area contributed by atoms with Crippen molar-refractivity contribution in [3.05, 3.63) is 285 Å². The van der Waals surface area contributed by atoms with Crippen molar-refractivity contribution in [1.82, 2.24) is 0 Å². The maximum Gasteiger partial charge on any atom is 1.00 e. The first-order valence-corrected chi connectivity index (χ1v) is 33.7. The fraction of sp³-hybridized carbons (Fsp3) is 0.358. The van der Waals surface area contributed by atoms with Crippen LogP contribution in [-0.2, 0) is 67.7 Å². The van der Waals surface area contributed by atoms with Crippen LogP contribution in [0.2, 0.25) is 10.0 Å². The van der Waals surface area contributed by atoms with Gasteiger partial charge in [0.2, 0.25) is 0 Å². The third kappa shape index (κ3) is 23.4. The SMILES string of the molecule is C=CCOc1cc(Cl)c(Cc2ccc(OCC)cc2)cc1[C@@H]1O[C@H](CC)[C@@H](C)[C@H](OCc2ccccc2)[C@H]1OCc1ccccc1.C=CCOc1cc(Cl)c(Cc2ccc(OCC)cc2)cc1[C@@H]1O[C@H](CO)[C@@H](C)[C@H](OCc2ccccc2)[C@H]1OCc1ccccc1.CO.C[O-].[Na+]. The van der Waals surface area contributed by atoms with Gasteiger partial charge in [-0.15, -0.1) is 0 Å². The second kappa shape index (κ2) is 43.2. The van der Waals surface area contributed by atoms with Crippen LogP contribution in [0.15, 0.2) is 219 Å². The molecule has 0 aromatic heterocycles. The first-order valence-electron chi connectivity index (χ1n) is 33.0. The number of ether oxygens (including phenoxy) is 10. The van der Waals surface area contributed by atoms with Crippen LogP contribution in [0.25, 0.3) is 0 Å². The van der Waals surface area contributed by atoms with Crippen molar-refractivity contribution >= 4 is 23.2 Å². The van der Waals surface area contributed by atoms with E-state index in [1.54, 1.807) is 12.2 Å². The number of benzene rings is 8. The van der Waals surface area contributed by atoms with E-state index >= 15 is 0 Å². The zero-order valence-electron chi connectivity index (χ0n) is 57.4. The van der Waals surface area contributed by atoms with Crippen LogP contribution >= 0.6 is 23.2 Å². The third-order valence-corrected chi connectivity index (χ3v) is 17.5. The van der Waals surface area contributed by atoms with Crippen molar-refractivity contribution in [2.45, 2.75) is 129 Å². The zero-order chi connectivity index (χ0) is 68.6. The van der Waals surface area contributed by atoms with Crippen LogP contribution in [0.5, 0.6) is 23.0 Å². The van der Waals surface area contributed by atoms with Crippen LogP contribution < -0.4 is 53.6 Å². The van der Waals surface area contributed by atoms with Gasteiger partial charge in [0, 0.05) is 40.1 Å². The van der Waals surface area contributed by atoms with Crippen LogP contribution in [-0.4, -0.2) is 94.1 Å². The Morgan fingerprint density at radius 2 is 0.763 bits per heavy atom. The topological polar surface area (TPSA) is 156 Å². The van der Waals surface area contributed by atoms with E-state index in [-0.39, 0.29) is 66.8 Å². The summed E-state index contributed by atoms with van der Waals surface area (Å²) in [6, 6.07) is 64.7. The summed E-state index contributed by atoms with van der Waals surface area (Å²) in [5.41, 5.74) is 10.1. The number of hydrogen-bond acceptors (Lipinski definition) is 13. The van der Waals surface area contributed by atoms with Crippen molar-refractivity contribution < 1.29 is 92.2 Å². The Bertz CT molecular complexity index is 3270. The average molecular weight is 1370 g/mol. The molecule has 512 valence electrons. The number of hydrogen-bond donors (Lipinski definition) is 2. The molecule has 0 radical (unpaired) electrons. The van der Waals surface area contributed by atoms with Gasteiger partial charge in [0.05, 0.1) is 70.7 Å². The standard InChI is InChI=1S/C40H45ClO5.C39H43ClO6.CH4O.CH3O.Na/c1-5-22-43-37-25-35(41)32(23-29-18-20-33(21-19-29)42-7-3)24-34(37)39-40(45-27-31-16-12-9-13-17-31)38(28(4)36(6-2)46-39)44-26-30-14-10-8-11-15-30;1-4-20-43-35-23-34(40)31(21-28-16-18-32(19-17-28)42-5-2)22-33(35)38-39(45-26-30-14-10-7-11-15-30)37(27(3)36(24-41)46-38)44-25-29-12-8-6-9-13-29;2*1-2;/h5,8-21,24-25,28,36,38-40H,1,6-7,22-23,26-27H2,2-4H3;4,6-19,22-23,27,36-39,41H,1,5,20-21,24-26H2,2-3H3;2H,1H3;1H3;/q;;;-1;+1/t28-,36-,38+,39+,40-;27-,36-,37+,38+,39-;;;/m11.../s1. The number of aliphatic hydroxyl groups excluding tert-OH is 2. The molecule has 16 heteroatoms. The normalized spacial score (nSPS) is 20.1. The molecule has 0 unspecified atom stereocenters. The fourth-order valence-electron chi connectivity index (χ4n) is 11.9. The predicted octanol–water partition coefficient (Wildman–Crippen LogP) is 13.3. The van der Waals surface area contributed by atoms with E-state index in [9.17, 15) is 5.11 Å². The molecule has 8 aromatic carbocycles. The van der Waals surface area contributed by atoms with Gasteiger partial charge in [-0.3, -0.25) is 0 Å². The minimum atomic E-state index is -0.617. The van der Waals surface area contributed by atoms with Gasteiger partial charge in [-0.05, 0) is 126 Å². The van der Waals surface area contributed by atoms with Gasteiger partial charge in [-0.25, -0.2) is 0 Å². The summed E-state index contributed by atoms with van der Waals surface area (Å²) in [6.07, 6.45) is 2.35. The molecular formula is C81H95Cl2NaO13. The number of aliphatic hydroxyl groups is 2. The monoisotopic (exact) mass is 1370 g/mol. The predicted molar refractivity (Wildman–Crippen MR) is 380 cm³/mol. The van der Waals surface area contributed by atoms with Crippen molar-refractivity contribution in [2.75, 3.05) is 47.3 Å². The van der Waals surface area contributed by atoms with Crippen LogP contribution in [0.3, 0.4) is 0 Å². The molecule has 10 rings (SSSR count). The van der Waals surface area contributed by atoms with Gasteiger partial charge in [0.1, 0.15) is 60.6 Å².